The predicted molar refractivity (Wildman–Crippen MR) is 67.3 cm³/mol. The van der Waals surface area contributed by atoms with Crippen LogP contribution in [0.3, 0.4) is 0 Å². The Bertz CT molecular complexity index is 322. The highest BCUT2D eigenvalue weighted by Crippen LogP contribution is 2.21. The number of nitrogens with zero attached hydrogens (tertiary/aromatic N) is 3. The van der Waals surface area contributed by atoms with Crippen molar-refractivity contribution < 1.29 is 0 Å². The molecule has 1 heterocycles. The first-order chi connectivity index (χ1) is 7.32. The fourth-order valence-electron chi connectivity index (χ4n) is 1.74. The summed E-state index contributed by atoms with van der Waals surface area (Å²) >= 11 is 0. The maximum atomic E-state index is 6.12. The van der Waals surface area contributed by atoms with Crippen LogP contribution in [0.15, 0.2) is 12.5 Å². The molecule has 1 rings (SSSR count). The van der Waals surface area contributed by atoms with Gasteiger partial charge in [-0.1, -0.05) is 0 Å². The predicted octanol–water partition coefficient (Wildman–Crippen LogP) is 1.59. The number of hydrogen-bond acceptors (Lipinski definition) is 3. The minimum absolute atomic E-state index is 0.330. The zero-order valence-corrected chi connectivity index (χ0v) is 11.1. The second kappa shape index (κ2) is 4.97. The molecule has 0 saturated heterocycles. The van der Waals surface area contributed by atoms with E-state index in [1.54, 1.807) is 0 Å². The second-order valence-corrected chi connectivity index (χ2v) is 5.35. The molecule has 0 aliphatic heterocycles. The lowest BCUT2D eigenvalue weighted by Crippen LogP contribution is -2.32. The molecule has 1 aromatic heterocycles. The minimum atomic E-state index is -0.330. The summed E-state index contributed by atoms with van der Waals surface area (Å²) in [6, 6.07) is 0.433. The van der Waals surface area contributed by atoms with Crippen LogP contribution in [0.5, 0.6) is 0 Å². The summed E-state index contributed by atoms with van der Waals surface area (Å²) in [4.78, 5) is 6.40. The average molecular weight is 224 g/mol. The highest BCUT2D eigenvalue weighted by molar-refractivity contribution is 5.10. The van der Waals surface area contributed by atoms with Crippen molar-refractivity contribution in [1.82, 2.24) is 14.5 Å². The maximum absolute atomic E-state index is 6.12. The first-order valence-electron chi connectivity index (χ1n) is 5.78. The van der Waals surface area contributed by atoms with Gasteiger partial charge in [-0.05, 0) is 47.8 Å². The number of aromatic nitrogens is 2. The Morgan fingerprint density at radius 1 is 1.50 bits per heavy atom. The molecule has 0 spiro atoms. The molecule has 92 valence electrons. The summed E-state index contributed by atoms with van der Waals surface area (Å²) in [5.74, 6) is 0. The SMILES string of the molecule is CC(CCN(C)C)n1cncc1C(C)(C)N. The van der Waals surface area contributed by atoms with Gasteiger partial charge in [0, 0.05) is 12.2 Å². The van der Waals surface area contributed by atoms with Crippen LogP contribution in [0.25, 0.3) is 0 Å². The van der Waals surface area contributed by atoms with Crippen LogP contribution in [-0.4, -0.2) is 35.1 Å². The van der Waals surface area contributed by atoms with Gasteiger partial charge in [0.1, 0.15) is 0 Å². The van der Waals surface area contributed by atoms with Gasteiger partial charge in [-0.2, -0.15) is 0 Å². The summed E-state index contributed by atoms with van der Waals surface area (Å²) in [6.07, 6.45) is 4.85. The summed E-state index contributed by atoms with van der Waals surface area (Å²) in [7, 11) is 4.18. The van der Waals surface area contributed by atoms with Gasteiger partial charge in [0.25, 0.3) is 0 Å². The highest BCUT2D eigenvalue weighted by Gasteiger charge is 2.21. The third-order valence-electron chi connectivity index (χ3n) is 2.80. The Kier molecular flexibility index (Phi) is 4.10. The molecule has 2 N–H and O–H groups in total. The van der Waals surface area contributed by atoms with Crippen LogP contribution in [0.1, 0.15) is 38.9 Å². The van der Waals surface area contributed by atoms with Crippen molar-refractivity contribution in [2.24, 2.45) is 5.73 Å². The third kappa shape index (κ3) is 3.32. The molecule has 0 aromatic carbocycles. The van der Waals surface area contributed by atoms with Crippen molar-refractivity contribution in [1.29, 1.82) is 0 Å². The molecule has 0 fully saturated rings. The van der Waals surface area contributed by atoms with Gasteiger partial charge < -0.3 is 15.2 Å². The zero-order valence-electron chi connectivity index (χ0n) is 11.1. The molecular weight excluding hydrogens is 200 g/mol. The second-order valence-electron chi connectivity index (χ2n) is 5.35. The number of nitrogens with two attached hydrogens (primary N) is 1. The largest absolute Gasteiger partial charge is 0.330 e. The van der Waals surface area contributed by atoms with E-state index in [2.05, 4.69) is 35.5 Å². The minimum Gasteiger partial charge on any atom is -0.330 e. The lowest BCUT2D eigenvalue weighted by atomic mass is 10.0. The lowest BCUT2D eigenvalue weighted by Gasteiger charge is -2.25. The standard InChI is InChI=1S/C12H24N4/c1-10(6-7-15(4)5)16-9-14-8-11(16)12(2,3)13/h8-10H,6-7,13H2,1-5H3. The van der Waals surface area contributed by atoms with Gasteiger partial charge in [0.15, 0.2) is 0 Å². The van der Waals surface area contributed by atoms with E-state index in [4.69, 9.17) is 5.73 Å². The number of imidazole rings is 1. The quantitative estimate of drug-likeness (QED) is 0.826. The number of rotatable bonds is 5. The van der Waals surface area contributed by atoms with Gasteiger partial charge in [-0.25, -0.2) is 4.98 Å². The number of hydrogen-bond donors (Lipinski definition) is 1. The molecule has 0 amide bonds. The summed E-state index contributed by atoms with van der Waals surface area (Å²) in [5.41, 5.74) is 6.89. The van der Waals surface area contributed by atoms with Gasteiger partial charge in [-0.15, -0.1) is 0 Å². The Morgan fingerprint density at radius 3 is 2.62 bits per heavy atom. The van der Waals surface area contributed by atoms with Crippen molar-refractivity contribution in [3.05, 3.63) is 18.2 Å². The summed E-state index contributed by atoms with van der Waals surface area (Å²) < 4.78 is 2.18. The molecule has 0 radical (unpaired) electrons. The molecule has 0 saturated carbocycles. The van der Waals surface area contributed by atoms with E-state index in [1.807, 2.05) is 26.4 Å². The Balaban J connectivity index is 2.76. The van der Waals surface area contributed by atoms with E-state index in [9.17, 15) is 0 Å². The molecule has 16 heavy (non-hydrogen) atoms. The molecular formula is C12H24N4. The van der Waals surface area contributed by atoms with Crippen LogP contribution in [0, 0.1) is 0 Å². The maximum Gasteiger partial charge on any atom is 0.0951 e. The smallest absolute Gasteiger partial charge is 0.0951 e. The van der Waals surface area contributed by atoms with E-state index in [1.165, 1.54) is 0 Å². The van der Waals surface area contributed by atoms with Crippen LogP contribution < -0.4 is 5.73 Å². The van der Waals surface area contributed by atoms with Gasteiger partial charge in [0.2, 0.25) is 0 Å². The van der Waals surface area contributed by atoms with Crippen molar-refractivity contribution in [3.8, 4) is 0 Å². The van der Waals surface area contributed by atoms with Crippen LogP contribution in [0.2, 0.25) is 0 Å². The van der Waals surface area contributed by atoms with Crippen molar-refractivity contribution in [2.45, 2.75) is 38.8 Å². The van der Waals surface area contributed by atoms with Crippen LogP contribution >= 0.6 is 0 Å². The average Bonchev–Trinajstić information content (AvgIpc) is 2.61. The lowest BCUT2D eigenvalue weighted by molar-refractivity contribution is 0.346. The molecule has 1 aromatic rings. The molecule has 0 aliphatic rings. The molecule has 1 atom stereocenters. The highest BCUT2D eigenvalue weighted by atomic mass is 15.1. The normalized spacial score (nSPS) is 14.4. The zero-order chi connectivity index (χ0) is 12.3. The Hall–Kier alpha value is -0.870. The van der Waals surface area contributed by atoms with Crippen LogP contribution in [0.4, 0.5) is 0 Å². The van der Waals surface area contributed by atoms with Crippen LogP contribution in [-0.2, 0) is 5.54 Å². The molecule has 4 nitrogen and oxygen atoms in total. The first kappa shape index (κ1) is 13.2. The summed E-state index contributed by atoms with van der Waals surface area (Å²) in [6.45, 7) is 7.31. The third-order valence-corrected chi connectivity index (χ3v) is 2.80. The van der Waals surface area contributed by atoms with Gasteiger partial charge >= 0.3 is 0 Å². The fraction of sp³-hybridized carbons (Fsp3) is 0.750. The van der Waals surface area contributed by atoms with Gasteiger partial charge in [0.05, 0.1) is 17.6 Å². The van der Waals surface area contributed by atoms with Gasteiger partial charge in [-0.3, -0.25) is 0 Å². The van der Waals surface area contributed by atoms with Crippen molar-refractivity contribution >= 4 is 0 Å². The first-order valence-corrected chi connectivity index (χ1v) is 5.78. The van der Waals surface area contributed by atoms with E-state index in [-0.39, 0.29) is 5.54 Å². The van der Waals surface area contributed by atoms with E-state index < -0.39 is 0 Å². The molecule has 0 aliphatic carbocycles. The fourth-order valence-corrected chi connectivity index (χ4v) is 1.74. The molecule has 0 bridgehead atoms. The van der Waals surface area contributed by atoms with Crippen molar-refractivity contribution in [2.75, 3.05) is 20.6 Å². The van der Waals surface area contributed by atoms with E-state index >= 15 is 0 Å². The van der Waals surface area contributed by atoms with E-state index in [0.717, 1.165) is 18.7 Å². The topological polar surface area (TPSA) is 47.1 Å². The Morgan fingerprint density at radius 2 is 2.12 bits per heavy atom. The molecule has 4 heteroatoms. The summed E-state index contributed by atoms with van der Waals surface area (Å²) in [5, 5.41) is 0. The molecule has 1 unspecified atom stereocenters. The monoisotopic (exact) mass is 224 g/mol. The van der Waals surface area contributed by atoms with Crippen molar-refractivity contribution in [3.63, 3.8) is 0 Å². The van der Waals surface area contributed by atoms with E-state index in [0.29, 0.717) is 6.04 Å². The Labute approximate surface area is 98.5 Å².